The van der Waals surface area contributed by atoms with Crippen molar-refractivity contribution in [2.45, 2.75) is 19.8 Å². The molecule has 0 amide bonds. The van der Waals surface area contributed by atoms with E-state index in [-0.39, 0.29) is 11.4 Å². The van der Waals surface area contributed by atoms with Gasteiger partial charge in [-0.1, -0.05) is 36.5 Å². The third-order valence-corrected chi connectivity index (χ3v) is 3.36. The van der Waals surface area contributed by atoms with Crippen LogP contribution in [-0.2, 0) is 9.53 Å². The maximum absolute atomic E-state index is 10.9. The van der Waals surface area contributed by atoms with E-state index in [0.717, 1.165) is 12.8 Å². The highest BCUT2D eigenvalue weighted by Gasteiger charge is 2.43. The quantitative estimate of drug-likeness (QED) is 0.510. The molecule has 0 spiro atoms. The molecule has 2 atom stereocenters. The van der Waals surface area contributed by atoms with Crippen LogP contribution in [0.1, 0.15) is 19.8 Å². The van der Waals surface area contributed by atoms with Crippen LogP contribution in [0.4, 0.5) is 0 Å². The highest BCUT2D eigenvalue weighted by Crippen LogP contribution is 2.49. The zero-order valence-corrected chi connectivity index (χ0v) is 9.03. The van der Waals surface area contributed by atoms with Crippen LogP contribution in [0.5, 0.6) is 0 Å². The van der Waals surface area contributed by atoms with Gasteiger partial charge < -0.3 is 4.74 Å². The van der Waals surface area contributed by atoms with Crippen molar-refractivity contribution in [2.75, 3.05) is 6.61 Å². The molecule has 0 aromatic rings. The smallest absolute Gasteiger partial charge is 0.302 e. The van der Waals surface area contributed by atoms with Crippen molar-refractivity contribution in [3.63, 3.8) is 0 Å². The maximum Gasteiger partial charge on any atom is 0.302 e. The van der Waals surface area contributed by atoms with E-state index >= 15 is 0 Å². The number of rotatable bonds is 2. The highest BCUT2D eigenvalue weighted by molar-refractivity contribution is 5.66. The molecule has 2 nitrogen and oxygen atoms in total. The van der Waals surface area contributed by atoms with Crippen molar-refractivity contribution in [1.82, 2.24) is 0 Å². The Labute approximate surface area is 90.3 Å². The molecule has 2 aliphatic rings. The van der Waals surface area contributed by atoms with E-state index in [1.165, 1.54) is 12.5 Å². The first-order valence-corrected chi connectivity index (χ1v) is 5.31. The lowest BCUT2D eigenvalue weighted by Gasteiger charge is -2.32. The molecule has 0 bridgehead atoms. The second kappa shape index (κ2) is 3.69. The lowest BCUT2D eigenvalue weighted by Crippen LogP contribution is -2.30. The molecule has 2 heteroatoms. The van der Waals surface area contributed by atoms with Gasteiger partial charge in [0.2, 0.25) is 0 Å². The summed E-state index contributed by atoms with van der Waals surface area (Å²) in [5, 5.41) is 0. The Morgan fingerprint density at radius 2 is 2.47 bits per heavy atom. The van der Waals surface area contributed by atoms with E-state index < -0.39 is 0 Å². The summed E-state index contributed by atoms with van der Waals surface area (Å²) in [7, 11) is 0. The SMILES string of the molecule is C=C1CC[C@]2(COC(C)=O)C=CC=C[C@H]12. The number of fused-ring (bicyclic) bond motifs is 1. The van der Waals surface area contributed by atoms with Crippen molar-refractivity contribution >= 4 is 5.97 Å². The largest absolute Gasteiger partial charge is 0.465 e. The van der Waals surface area contributed by atoms with Crippen LogP contribution in [-0.4, -0.2) is 12.6 Å². The minimum Gasteiger partial charge on any atom is -0.465 e. The van der Waals surface area contributed by atoms with Crippen LogP contribution >= 0.6 is 0 Å². The number of carbonyl (C=O) groups is 1. The Morgan fingerprint density at radius 3 is 3.20 bits per heavy atom. The van der Waals surface area contributed by atoms with E-state index in [1.54, 1.807) is 0 Å². The van der Waals surface area contributed by atoms with Gasteiger partial charge in [0.1, 0.15) is 6.61 Å². The van der Waals surface area contributed by atoms with Crippen LogP contribution in [0, 0.1) is 11.3 Å². The zero-order valence-electron chi connectivity index (χ0n) is 9.03. The van der Waals surface area contributed by atoms with Gasteiger partial charge in [0.05, 0.1) is 0 Å². The number of esters is 1. The van der Waals surface area contributed by atoms with Crippen LogP contribution < -0.4 is 0 Å². The molecule has 0 N–H and O–H groups in total. The fraction of sp³-hybridized carbons (Fsp3) is 0.462. The van der Waals surface area contributed by atoms with Crippen molar-refractivity contribution < 1.29 is 9.53 Å². The summed E-state index contributed by atoms with van der Waals surface area (Å²) >= 11 is 0. The highest BCUT2D eigenvalue weighted by atomic mass is 16.5. The molecule has 0 aromatic carbocycles. The number of carbonyl (C=O) groups excluding carboxylic acids is 1. The molecule has 2 rings (SSSR count). The second-order valence-corrected chi connectivity index (χ2v) is 4.39. The van der Waals surface area contributed by atoms with Gasteiger partial charge >= 0.3 is 5.97 Å². The number of ether oxygens (including phenoxy) is 1. The number of hydrogen-bond acceptors (Lipinski definition) is 2. The standard InChI is InChI=1S/C13H16O2/c1-10-6-8-13(9-15-11(2)14)7-4-3-5-12(10)13/h3-5,7,12H,1,6,8-9H2,2H3/t12-,13+/m1/s1. The van der Waals surface area contributed by atoms with Gasteiger partial charge in [-0.05, 0) is 12.8 Å². The van der Waals surface area contributed by atoms with Crippen LogP contribution in [0.3, 0.4) is 0 Å². The van der Waals surface area contributed by atoms with Gasteiger partial charge in [0.25, 0.3) is 0 Å². The van der Waals surface area contributed by atoms with E-state index in [4.69, 9.17) is 4.74 Å². The van der Waals surface area contributed by atoms with Gasteiger partial charge in [-0.15, -0.1) is 0 Å². The van der Waals surface area contributed by atoms with Gasteiger partial charge in [0, 0.05) is 18.3 Å². The van der Waals surface area contributed by atoms with Crippen LogP contribution in [0.15, 0.2) is 36.5 Å². The zero-order chi connectivity index (χ0) is 10.9. The molecule has 0 aliphatic heterocycles. The summed E-state index contributed by atoms with van der Waals surface area (Å²) in [4.78, 5) is 10.9. The molecule has 1 fully saturated rings. The minimum absolute atomic E-state index is 0.0164. The Balaban J connectivity index is 2.17. The molecule has 2 aliphatic carbocycles. The van der Waals surface area contributed by atoms with Gasteiger partial charge in [-0.2, -0.15) is 0 Å². The summed E-state index contributed by atoms with van der Waals surface area (Å²) in [5.74, 6) is 0.144. The van der Waals surface area contributed by atoms with Gasteiger partial charge in [0.15, 0.2) is 0 Å². The lowest BCUT2D eigenvalue weighted by atomic mass is 9.75. The lowest BCUT2D eigenvalue weighted by molar-refractivity contribution is -0.143. The van der Waals surface area contributed by atoms with E-state index in [1.807, 2.05) is 12.2 Å². The summed E-state index contributed by atoms with van der Waals surface area (Å²) in [6.45, 7) is 6.02. The van der Waals surface area contributed by atoms with Crippen molar-refractivity contribution in [3.05, 3.63) is 36.5 Å². The third-order valence-electron chi connectivity index (χ3n) is 3.36. The monoisotopic (exact) mass is 204 g/mol. The predicted molar refractivity (Wildman–Crippen MR) is 59.2 cm³/mol. The molecule has 1 saturated carbocycles. The van der Waals surface area contributed by atoms with Gasteiger partial charge in [-0.3, -0.25) is 4.79 Å². The first-order valence-electron chi connectivity index (χ1n) is 5.31. The van der Waals surface area contributed by atoms with Crippen LogP contribution in [0.25, 0.3) is 0 Å². The summed E-state index contributed by atoms with van der Waals surface area (Å²) in [5.41, 5.74) is 1.24. The average Bonchev–Trinajstić information content (AvgIpc) is 2.55. The molecule has 15 heavy (non-hydrogen) atoms. The third kappa shape index (κ3) is 1.76. The fourth-order valence-corrected chi connectivity index (χ4v) is 2.49. The second-order valence-electron chi connectivity index (χ2n) is 4.39. The van der Waals surface area contributed by atoms with Gasteiger partial charge in [-0.25, -0.2) is 0 Å². The molecular formula is C13H16O2. The van der Waals surface area contributed by atoms with Crippen molar-refractivity contribution in [2.24, 2.45) is 11.3 Å². The topological polar surface area (TPSA) is 26.3 Å². The normalized spacial score (nSPS) is 32.9. The minimum atomic E-state index is -0.205. The maximum atomic E-state index is 10.9. The summed E-state index contributed by atoms with van der Waals surface area (Å²) in [6.07, 6.45) is 10.5. The van der Waals surface area contributed by atoms with E-state index in [9.17, 15) is 4.79 Å². The summed E-state index contributed by atoms with van der Waals surface area (Å²) in [6, 6.07) is 0. The molecule has 0 heterocycles. The first kappa shape index (κ1) is 10.2. The molecule has 0 radical (unpaired) electrons. The van der Waals surface area contributed by atoms with Crippen molar-refractivity contribution in [3.8, 4) is 0 Å². The Bertz CT molecular complexity index is 352. The predicted octanol–water partition coefficient (Wildman–Crippen LogP) is 2.63. The van der Waals surface area contributed by atoms with E-state index in [0.29, 0.717) is 12.5 Å². The average molecular weight is 204 g/mol. The molecule has 0 aromatic heterocycles. The molecular weight excluding hydrogens is 188 g/mol. The Kier molecular flexibility index (Phi) is 2.51. The Morgan fingerprint density at radius 1 is 1.67 bits per heavy atom. The van der Waals surface area contributed by atoms with Crippen LogP contribution in [0.2, 0.25) is 0 Å². The Hall–Kier alpha value is -1.31. The van der Waals surface area contributed by atoms with Crippen molar-refractivity contribution in [1.29, 1.82) is 0 Å². The van der Waals surface area contributed by atoms with E-state index in [2.05, 4.69) is 18.7 Å². The number of allylic oxidation sites excluding steroid dienone is 4. The fourth-order valence-electron chi connectivity index (χ4n) is 2.49. The molecule has 80 valence electrons. The summed E-state index contributed by atoms with van der Waals surface area (Å²) < 4.78 is 5.17. The molecule has 0 saturated heterocycles. The first-order chi connectivity index (χ1) is 7.14. The number of hydrogen-bond donors (Lipinski definition) is 0. The molecule has 0 unspecified atom stereocenters.